The largest absolute Gasteiger partial charge is 0.391 e. The Kier molecular flexibility index (Phi) is 12.5. The lowest BCUT2D eigenvalue weighted by Gasteiger charge is -2.12. The molecule has 0 saturated carbocycles. The number of aliphatic hydroxyl groups is 2. The molecule has 0 aromatic heterocycles. The molecule has 2 unspecified atom stereocenters. The standard InChI is InChI=1S/C12H24O4S2/c1-3-10(13)8-16-9-12(15)5-4-11(14)6-7-18-17-2/h10,12-13,15H,3-9H2,1-2H3. The number of hydrogen-bond donors (Lipinski definition) is 2. The lowest BCUT2D eigenvalue weighted by atomic mass is 10.1. The Balaban J connectivity index is 3.45. The third-order valence-electron chi connectivity index (χ3n) is 2.43. The molecule has 0 aliphatic rings. The van der Waals surface area contributed by atoms with Crippen LogP contribution in [-0.4, -0.2) is 53.4 Å². The molecular weight excluding hydrogens is 272 g/mol. The van der Waals surface area contributed by atoms with Gasteiger partial charge in [-0.1, -0.05) is 28.5 Å². The fraction of sp³-hybridized carbons (Fsp3) is 0.917. The van der Waals surface area contributed by atoms with Crippen LogP contribution in [0, 0.1) is 0 Å². The number of Topliss-reactive ketones (excluding diaryl/α,β-unsaturated/α-hetero) is 1. The van der Waals surface area contributed by atoms with E-state index in [4.69, 9.17) is 4.74 Å². The second-order valence-electron chi connectivity index (χ2n) is 4.07. The lowest BCUT2D eigenvalue weighted by Crippen LogP contribution is -2.21. The van der Waals surface area contributed by atoms with Crippen molar-refractivity contribution < 1.29 is 19.7 Å². The Hall–Kier alpha value is 0.250. The molecule has 0 aromatic rings. The van der Waals surface area contributed by atoms with Crippen LogP contribution in [0.4, 0.5) is 0 Å². The molecular formula is C12H24O4S2. The summed E-state index contributed by atoms with van der Waals surface area (Å²) in [5.41, 5.74) is 0. The minimum absolute atomic E-state index is 0.184. The van der Waals surface area contributed by atoms with E-state index in [9.17, 15) is 15.0 Å². The summed E-state index contributed by atoms with van der Waals surface area (Å²) in [5.74, 6) is 1.01. The van der Waals surface area contributed by atoms with E-state index in [2.05, 4.69) is 0 Å². The van der Waals surface area contributed by atoms with Crippen LogP contribution in [-0.2, 0) is 9.53 Å². The molecule has 0 aliphatic heterocycles. The van der Waals surface area contributed by atoms with Crippen LogP contribution >= 0.6 is 21.6 Å². The van der Waals surface area contributed by atoms with Crippen LogP contribution in [0.15, 0.2) is 0 Å². The average Bonchev–Trinajstić information content (AvgIpc) is 2.36. The molecule has 4 nitrogen and oxygen atoms in total. The molecule has 0 amide bonds. The minimum atomic E-state index is -0.619. The number of carbonyl (C=O) groups is 1. The lowest BCUT2D eigenvalue weighted by molar-refractivity contribution is -0.119. The molecule has 6 heteroatoms. The maximum Gasteiger partial charge on any atom is 0.133 e. The van der Waals surface area contributed by atoms with Crippen molar-refractivity contribution in [3.8, 4) is 0 Å². The van der Waals surface area contributed by atoms with Crippen molar-refractivity contribution in [2.24, 2.45) is 0 Å². The first-order valence-corrected chi connectivity index (χ1v) is 8.94. The number of carbonyl (C=O) groups excluding carboxylic acids is 1. The van der Waals surface area contributed by atoms with Gasteiger partial charge in [0, 0.05) is 18.6 Å². The first kappa shape index (κ1) is 18.2. The van der Waals surface area contributed by atoms with Crippen LogP contribution in [0.3, 0.4) is 0 Å². The smallest absolute Gasteiger partial charge is 0.133 e. The zero-order chi connectivity index (χ0) is 13.8. The average molecular weight is 296 g/mol. The molecule has 0 rings (SSSR count). The van der Waals surface area contributed by atoms with Crippen LogP contribution in [0.5, 0.6) is 0 Å². The summed E-state index contributed by atoms with van der Waals surface area (Å²) in [5, 5.41) is 18.8. The Morgan fingerprint density at radius 2 is 1.89 bits per heavy atom. The molecule has 0 radical (unpaired) electrons. The minimum Gasteiger partial charge on any atom is -0.391 e. The maximum absolute atomic E-state index is 11.4. The van der Waals surface area contributed by atoms with E-state index in [1.54, 1.807) is 21.6 Å². The van der Waals surface area contributed by atoms with Crippen LogP contribution in [0.2, 0.25) is 0 Å². The van der Waals surface area contributed by atoms with Gasteiger partial charge in [0.15, 0.2) is 0 Å². The SMILES string of the molecule is CCC(O)COCC(O)CCC(=O)CCSSC. The van der Waals surface area contributed by atoms with Gasteiger partial charge >= 0.3 is 0 Å². The van der Waals surface area contributed by atoms with E-state index in [1.807, 2.05) is 13.2 Å². The van der Waals surface area contributed by atoms with Gasteiger partial charge in [-0.15, -0.1) is 0 Å². The van der Waals surface area contributed by atoms with Gasteiger partial charge in [0.2, 0.25) is 0 Å². The number of rotatable bonds is 12. The number of ether oxygens (including phenoxy) is 1. The second kappa shape index (κ2) is 12.3. The molecule has 0 fully saturated rings. The molecule has 0 saturated heterocycles. The van der Waals surface area contributed by atoms with E-state index in [1.165, 1.54) is 0 Å². The Bertz CT molecular complexity index is 214. The van der Waals surface area contributed by atoms with Crippen molar-refractivity contribution in [3.05, 3.63) is 0 Å². The molecule has 2 N–H and O–H groups in total. The first-order valence-electron chi connectivity index (χ1n) is 6.21. The van der Waals surface area contributed by atoms with Crippen LogP contribution < -0.4 is 0 Å². The van der Waals surface area contributed by atoms with Crippen molar-refractivity contribution in [1.82, 2.24) is 0 Å². The van der Waals surface area contributed by atoms with E-state index < -0.39 is 12.2 Å². The topological polar surface area (TPSA) is 66.8 Å². The molecule has 18 heavy (non-hydrogen) atoms. The molecule has 0 aliphatic carbocycles. The number of ketones is 1. The van der Waals surface area contributed by atoms with Crippen molar-refractivity contribution in [1.29, 1.82) is 0 Å². The Labute approximate surface area is 117 Å². The van der Waals surface area contributed by atoms with Crippen molar-refractivity contribution >= 4 is 27.4 Å². The van der Waals surface area contributed by atoms with Gasteiger partial charge in [0.25, 0.3) is 0 Å². The van der Waals surface area contributed by atoms with Gasteiger partial charge in [-0.25, -0.2) is 0 Å². The summed E-state index contributed by atoms with van der Waals surface area (Å²) in [7, 11) is 3.33. The highest BCUT2D eigenvalue weighted by atomic mass is 33.1. The number of hydrogen-bond acceptors (Lipinski definition) is 6. The van der Waals surface area contributed by atoms with Crippen LogP contribution in [0.1, 0.15) is 32.6 Å². The monoisotopic (exact) mass is 296 g/mol. The predicted molar refractivity (Wildman–Crippen MR) is 78.0 cm³/mol. The highest BCUT2D eigenvalue weighted by Crippen LogP contribution is 2.18. The molecule has 0 bridgehead atoms. The van der Waals surface area contributed by atoms with Crippen molar-refractivity contribution in [3.63, 3.8) is 0 Å². The predicted octanol–water partition coefficient (Wildman–Crippen LogP) is 1.89. The first-order chi connectivity index (χ1) is 8.60. The number of aliphatic hydroxyl groups excluding tert-OH is 2. The van der Waals surface area contributed by atoms with E-state index in [-0.39, 0.29) is 19.0 Å². The van der Waals surface area contributed by atoms with Gasteiger partial charge in [0.1, 0.15) is 5.78 Å². The summed E-state index contributed by atoms with van der Waals surface area (Å²) < 4.78 is 5.16. The van der Waals surface area contributed by atoms with E-state index in [0.29, 0.717) is 25.7 Å². The third-order valence-corrected chi connectivity index (χ3v) is 4.24. The summed E-state index contributed by atoms with van der Waals surface area (Å²) in [4.78, 5) is 11.4. The normalized spacial score (nSPS) is 14.4. The molecule has 0 heterocycles. The fourth-order valence-electron chi connectivity index (χ4n) is 1.23. The molecule has 0 spiro atoms. The summed E-state index contributed by atoms with van der Waals surface area (Å²) in [6.07, 6.45) is 2.94. The van der Waals surface area contributed by atoms with Gasteiger partial charge in [0.05, 0.1) is 25.4 Å². The van der Waals surface area contributed by atoms with Gasteiger partial charge in [-0.05, 0) is 19.1 Å². The summed E-state index contributed by atoms with van der Waals surface area (Å²) >= 11 is 0. The van der Waals surface area contributed by atoms with Gasteiger partial charge in [-0.2, -0.15) is 0 Å². The Morgan fingerprint density at radius 1 is 1.22 bits per heavy atom. The fourth-order valence-corrected chi connectivity index (χ4v) is 2.46. The zero-order valence-corrected chi connectivity index (χ0v) is 12.8. The van der Waals surface area contributed by atoms with Crippen LogP contribution in [0.25, 0.3) is 0 Å². The van der Waals surface area contributed by atoms with Gasteiger partial charge in [-0.3, -0.25) is 4.79 Å². The molecule has 108 valence electrons. The zero-order valence-electron chi connectivity index (χ0n) is 11.1. The maximum atomic E-state index is 11.4. The quantitative estimate of drug-likeness (QED) is 0.423. The summed E-state index contributed by atoms with van der Waals surface area (Å²) in [6.45, 7) is 2.30. The molecule has 2 atom stereocenters. The van der Waals surface area contributed by atoms with Crippen molar-refractivity contribution in [2.45, 2.75) is 44.8 Å². The van der Waals surface area contributed by atoms with Crippen molar-refractivity contribution in [2.75, 3.05) is 25.2 Å². The highest BCUT2D eigenvalue weighted by Gasteiger charge is 2.09. The van der Waals surface area contributed by atoms with E-state index in [0.717, 1.165) is 5.75 Å². The molecule has 0 aromatic carbocycles. The third kappa shape index (κ3) is 11.3. The van der Waals surface area contributed by atoms with E-state index >= 15 is 0 Å². The summed E-state index contributed by atoms with van der Waals surface area (Å²) in [6, 6.07) is 0. The van der Waals surface area contributed by atoms with Gasteiger partial charge < -0.3 is 14.9 Å². The highest BCUT2D eigenvalue weighted by molar-refractivity contribution is 8.76. The second-order valence-corrected chi connectivity index (χ2v) is 6.75. The Morgan fingerprint density at radius 3 is 2.50 bits per heavy atom.